The zero-order valence-electron chi connectivity index (χ0n) is 21.8. The minimum atomic E-state index is -0.952. The Labute approximate surface area is 220 Å². The molecule has 2 aromatic carbocycles. The SMILES string of the molecule is CC1(C)COB(/C(=C(\c2ccc(C=CC(=O)O)cc2)c2ccc(N3CCOCC3)cc2)C2CCC2)OC1. The number of allylic oxidation sites excluding steroid dienone is 1. The Morgan fingerprint density at radius 3 is 2.11 bits per heavy atom. The molecular weight excluding hydrogens is 465 g/mol. The lowest BCUT2D eigenvalue weighted by Gasteiger charge is -2.39. The fraction of sp³-hybridized carbons (Fsp3) is 0.433. The quantitative estimate of drug-likeness (QED) is 0.409. The topological polar surface area (TPSA) is 68.2 Å². The minimum absolute atomic E-state index is 0.000679. The lowest BCUT2D eigenvalue weighted by atomic mass is 9.59. The van der Waals surface area contributed by atoms with E-state index in [1.807, 2.05) is 12.1 Å². The third-order valence-electron chi connectivity index (χ3n) is 7.49. The highest BCUT2D eigenvalue weighted by Gasteiger charge is 2.41. The molecule has 7 heteroatoms. The second-order valence-electron chi connectivity index (χ2n) is 11.0. The molecule has 37 heavy (non-hydrogen) atoms. The van der Waals surface area contributed by atoms with Crippen LogP contribution in [0.15, 0.2) is 60.1 Å². The number of hydrogen-bond acceptors (Lipinski definition) is 5. The predicted molar refractivity (Wildman–Crippen MR) is 147 cm³/mol. The summed E-state index contributed by atoms with van der Waals surface area (Å²) < 4.78 is 18.3. The summed E-state index contributed by atoms with van der Waals surface area (Å²) in [6.07, 6.45) is 6.28. The molecule has 6 nitrogen and oxygen atoms in total. The maximum atomic E-state index is 11.0. The highest BCUT2D eigenvalue weighted by atomic mass is 16.6. The van der Waals surface area contributed by atoms with Crippen molar-refractivity contribution in [2.24, 2.45) is 11.3 Å². The lowest BCUT2D eigenvalue weighted by molar-refractivity contribution is -0.131. The van der Waals surface area contributed by atoms with E-state index in [9.17, 15) is 4.79 Å². The van der Waals surface area contributed by atoms with Gasteiger partial charge in [-0.3, -0.25) is 0 Å². The van der Waals surface area contributed by atoms with Gasteiger partial charge in [-0.05, 0) is 64.7 Å². The van der Waals surface area contributed by atoms with E-state index >= 15 is 0 Å². The molecule has 2 aliphatic heterocycles. The molecule has 3 fully saturated rings. The highest BCUT2D eigenvalue weighted by molar-refractivity contribution is 6.56. The van der Waals surface area contributed by atoms with E-state index < -0.39 is 5.97 Å². The number of benzene rings is 2. The van der Waals surface area contributed by atoms with Gasteiger partial charge in [0, 0.05) is 43.5 Å². The number of carboxylic acid groups (broad SMARTS) is 1. The van der Waals surface area contributed by atoms with E-state index in [2.05, 4.69) is 55.1 Å². The summed E-state index contributed by atoms with van der Waals surface area (Å²) in [5, 5.41) is 9.00. The van der Waals surface area contributed by atoms with Gasteiger partial charge < -0.3 is 24.1 Å². The first kappa shape index (κ1) is 25.8. The molecule has 1 aliphatic carbocycles. The van der Waals surface area contributed by atoms with Crippen molar-refractivity contribution in [3.63, 3.8) is 0 Å². The average molecular weight is 501 g/mol. The van der Waals surface area contributed by atoms with Crippen LogP contribution < -0.4 is 4.90 Å². The van der Waals surface area contributed by atoms with Crippen LogP contribution in [0.5, 0.6) is 0 Å². The highest BCUT2D eigenvalue weighted by Crippen LogP contribution is 2.43. The number of morpholine rings is 1. The molecule has 2 aromatic rings. The first-order chi connectivity index (χ1) is 17.9. The van der Waals surface area contributed by atoms with Crippen molar-refractivity contribution in [2.45, 2.75) is 33.1 Å². The number of rotatable bonds is 7. The normalized spacial score (nSPS) is 21.0. The van der Waals surface area contributed by atoms with Crippen LogP contribution >= 0.6 is 0 Å². The number of ether oxygens (including phenoxy) is 1. The molecule has 194 valence electrons. The third-order valence-corrected chi connectivity index (χ3v) is 7.49. The molecule has 5 rings (SSSR count). The lowest BCUT2D eigenvalue weighted by Crippen LogP contribution is -2.44. The molecule has 0 unspecified atom stereocenters. The standard InChI is InChI=1S/C30H36BNO5/c1-30(2)20-36-31(37-21-30)29(25-4-3-5-25)28(23-9-6-22(7-10-23)8-15-27(33)34)24-11-13-26(14-12-24)32-16-18-35-19-17-32/h6-15,25H,3-5,16-21H2,1-2H3,(H,33,34)/b15-8?,29-28+. The first-order valence-electron chi connectivity index (χ1n) is 13.3. The van der Waals surface area contributed by atoms with Crippen molar-refractivity contribution in [1.29, 1.82) is 0 Å². The summed E-state index contributed by atoms with van der Waals surface area (Å²) in [4.78, 5) is 13.3. The Kier molecular flexibility index (Phi) is 7.84. The first-order valence-corrected chi connectivity index (χ1v) is 13.3. The van der Waals surface area contributed by atoms with Crippen molar-refractivity contribution < 1.29 is 23.9 Å². The number of nitrogens with zero attached hydrogens (tertiary/aromatic N) is 1. The third kappa shape index (κ3) is 6.17. The Morgan fingerprint density at radius 1 is 0.973 bits per heavy atom. The molecule has 0 atom stereocenters. The van der Waals surface area contributed by atoms with Crippen molar-refractivity contribution in [3.05, 3.63) is 76.8 Å². The van der Waals surface area contributed by atoms with E-state index in [-0.39, 0.29) is 12.5 Å². The van der Waals surface area contributed by atoms with Crippen molar-refractivity contribution in [1.82, 2.24) is 0 Å². The maximum Gasteiger partial charge on any atom is 0.490 e. The smallest absolute Gasteiger partial charge is 0.478 e. The number of carboxylic acids is 1. The Bertz CT molecular complexity index is 1140. The molecule has 0 bridgehead atoms. The van der Waals surface area contributed by atoms with Gasteiger partial charge in [-0.25, -0.2) is 4.79 Å². The van der Waals surface area contributed by atoms with Gasteiger partial charge in [0.1, 0.15) is 0 Å². The van der Waals surface area contributed by atoms with Gasteiger partial charge in [0.2, 0.25) is 0 Å². The van der Waals surface area contributed by atoms with E-state index in [0.717, 1.165) is 61.4 Å². The summed E-state index contributed by atoms with van der Waals surface area (Å²) in [5.41, 5.74) is 6.68. The van der Waals surface area contributed by atoms with Crippen LogP contribution in [0.2, 0.25) is 0 Å². The van der Waals surface area contributed by atoms with Crippen LogP contribution in [0.4, 0.5) is 5.69 Å². The number of anilines is 1. The zero-order chi connectivity index (χ0) is 25.8. The maximum absolute atomic E-state index is 11.0. The van der Waals surface area contributed by atoms with Crippen LogP contribution in [0.3, 0.4) is 0 Å². The van der Waals surface area contributed by atoms with E-state index in [1.165, 1.54) is 23.7 Å². The Balaban J connectivity index is 1.56. The molecule has 0 aromatic heterocycles. The van der Waals surface area contributed by atoms with Crippen LogP contribution in [-0.2, 0) is 18.8 Å². The van der Waals surface area contributed by atoms with Crippen LogP contribution in [0.25, 0.3) is 11.6 Å². The Hall–Kier alpha value is -2.87. The Morgan fingerprint density at radius 2 is 1.57 bits per heavy atom. The molecule has 1 N–H and O–H groups in total. The van der Waals surface area contributed by atoms with E-state index in [0.29, 0.717) is 19.1 Å². The molecule has 2 saturated heterocycles. The number of aliphatic carboxylic acids is 1. The fourth-order valence-corrected chi connectivity index (χ4v) is 5.19. The summed E-state index contributed by atoms with van der Waals surface area (Å²) in [7, 11) is -0.362. The minimum Gasteiger partial charge on any atom is -0.478 e. The molecular formula is C30H36BNO5. The summed E-state index contributed by atoms with van der Waals surface area (Å²) in [6.45, 7) is 8.99. The second kappa shape index (κ2) is 11.3. The second-order valence-corrected chi connectivity index (χ2v) is 11.0. The van der Waals surface area contributed by atoms with E-state index in [1.54, 1.807) is 6.08 Å². The van der Waals surface area contributed by atoms with Gasteiger partial charge in [-0.2, -0.15) is 0 Å². The molecule has 3 aliphatic rings. The fourth-order valence-electron chi connectivity index (χ4n) is 5.19. The van der Waals surface area contributed by atoms with Gasteiger partial charge in [0.15, 0.2) is 0 Å². The molecule has 2 heterocycles. The van der Waals surface area contributed by atoms with Crippen molar-refractivity contribution in [3.8, 4) is 0 Å². The van der Waals surface area contributed by atoms with Crippen molar-refractivity contribution in [2.75, 3.05) is 44.4 Å². The van der Waals surface area contributed by atoms with Gasteiger partial charge in [-0.1, -0.05) is 56.7 Å². The summed E-state index contributed by atoms with van der Waals surface area (Å²) >= 11 is 0. The predicted octanol–water partition coefficient (Wildman–Crippen LogP) is 5.32. The number of hydrogen-bond donors (Lipinski definition) is 1. The molecule has 0 radical (unpaired) electrons. The van der Waals surface area contributed by atoms with E-state index in [4.69, 9.17) is 19.2 Å². The van der Waals surface area contributed by atoms with Crippen LogP contribution in [0, 0.1) is 11.3 Å². The average Bonchev–Trinajstić information content (AvgIpc) is 2.88. The zero-order valence-corrected chi connectivity index (χ0v) is 21.8. The van der Waals surface area contributed by atoms with Crippen LogP contribution in [-0.4, -0.2) is 57.7 Å². The summed E-state index contributed by atoms with van der Waals surface area (Å²) in [5.74, 6) is -0.529. The monoisotopic (exact) mass is 501 g/mol. The van der Waals surface area contributed by atoms with Gasteiger partial charge in [0.25, 0.3) is 0 Å². The van der Waals surface area contributed by atoms with Gasteiger partial charge in [0.05, 0.1) is 13.2 Å². The van der Waals surface area contributed by atoms with Gasteiger partial charge >= 0.3 is 13.1 Å². The van der Waals surface area contributed by atoms with Crippen LogP contribution in [0.1, 0.15) is 49.8 Å². The number of carbonyl (C=O) groups is 1. The molecule has 0 amide bonds. The van der Waals surface area contributed by atoms with Gasteiger partial charge in [-0.15, -0.1) is 0 Å². The summed E-state index contributed by atoms with van der Waals surface area (Å²) in [6, 6.07) is 16.9. The van der Waals surface area contributed by atoms with Crippen molar-refractivity contribution >= 4 is 30.4 Å². The molecule has 0 spiro atoms. The largest absolute Gasteiger partial charge is 0.490 e. The molecule has 1 saturated carbocycles.